The quantitative estimate of drug-likeness (QED) is 0.527. The Morgan fingerprint density at radius 3 is 2.38 bits per heavy atom. The number of para-hydroxylation sites is 1. The van der Waals surface area contributed by atoms with Crippen molar-refractivity contribution in [3.05, 3.63) is 59.7 Å². The van der Waals surface area contributed by atoms with E-state index in [9.17, 15) is 14.4 Å². The number of hydrogen-bond acceptors (Lipinski definition) is 5. The summed E-state index contributed by atoms with van der Waals surface area (Å²) in [6.07, 6.45) is 0.603. The fraction of sp³-hybridized carbons (Fsp3) is 0.318. The molecule has 0 spiro atoms. The van der Waals surface area contributed by atoms with Gasteiger partial charge in [0.1, 0.15) is 11.2 Å². The molecule has 154 valence electrons. The van der Waals surface area contributed by atoms with E-state index < -0.39 is 23.2 Å². The Hall–Kier alpha value is -3.35. The van der Waals surface area contributed by atoms with Gasteiger partial charge in [-0.15, -0.1) is 0 Å². The molecule has 0 radical (unpaired) electrons. The van der Waals surface area contributed by atoms with Crippen LogP contribution < -0.4 is 15.4 Å². The Balaban J connectivity index is 1.99. The van der Waals surface area contributed by atoms with Gasteiger partial charge in [-0.2, -0.15) is 0 Å². The summed E-state index contributed by atoms with van der Waals surface area (Å²) >= 11 is 0. The topological polar surface area (TPSA) is 93.7 Å². The summed E-state index contributed by atoms with van der Waals surface area (Å²) in [5.74, 6) is -0.750. The number of hydrogen-bond donors (Lipinski definition) is 2. The van der Waals surface area contributed by atoms with Crippen molar-refractivity contribution in [3.8, 4) is 5.75 Å². The summed E-state index contributed by atoms with van der Waals surface area (Å²) in [5.41, 5.74) is 0.190. The summed E-state index contributed by atoms with van der Waals surface area (Å²) in [5, 5.41) is 5.44. The molecule has 2 amide bonds. The van der Waals surface area contributed by atoms with E-state index in [0.29, 0.717) is 18.7 Å². The average molecular weight is 398 g/mol. The molecule has 0 atom stereocenters. The van der Waals surface area contributed by atoms with E-state index in [2.05, 4.69) is 10.6 Å². The average Bonchev–Trinajstić information content (AvgIpc) is 2.73. The molecule has 0 aliphatic rings. The van der Waals surface area contributed by atoms with Gasteiger partial charge in [0.15, 0.2) is 0 Å². The number of methoxy groups -OCH3 is 2. The summed E-state index contributed by atoms with van der Waals surface area (Å²) in [7, 11) is 2.86. The molecule has 0 heterocycles. The highest BCUT2D eigenvalue weighted by molar-refractivity contribution is 6.11. The maximum Gasteiger partial charge on any atom is 0.339 e. The SMILES string of the molecule is COC(=O)c1ccccc1NC(=O)C(C)(C)C(=O)NCCc1cccc(OC)c1. The minimum Gasteiger partial charge on any atom is -0.497 e. The zero-order valence-electron chi connectivity index (χ0n) is 17.1. The van der Waals surface area contributed by atoms with E-state index in [1.807, 2.05) is 24.3 Å². The number of ether oxygens (including phenoxy) is 2. The largest absolute Gasteiger partial charge is 0.497 e. The highest BCUT2D eigenvalue weighted by Gasteiger charge is 2.36. The number of benzene rings is 2. The zero-order valence-corrected chi connectivity index (χ0v) is 17.1. The first kappa shape index (κ1) is 21.9. The highest BCUT2D eigenvalue weighted by Crippen LogP contribution is 2.22. The van der Waals surface area contributed by atoms with Gasteiger partial charge in [-0.3, -0.25) is 9.59 Å². The summed E-state index contributed by atoms with van der Waals surface area (Å²) in [4.78, 5) is 37.2. The van der Waals surface area contributed by atoms with Crippen molar-refractivity contribution in [1.82, 2.24) is 5.32 Å². The minimum atomic E-state index is -1.34. The van der Waals surface area contributed by atoms with Crippen LogP contribution in [0.2, 0.25) is 0 Å². The molecular weight excluding hydrogens is 372 g/mol. The maximum absolute atomic E-state index is 12.7. The lowest BCUT2D eigenvalue weighted by molar-refractivity contribution is -0.138. The van der Waals surface area contributed by atoms with Gasteiger partial charge < -0.3 is 20.1 Å². The van der Waals surface area contributed by atoms with Crippen LogP contribution in [0.4, 0.5) is 5.69 Å². The third kappa shape index (κ3) is 5.57. The van der Waals surface area contributed by atoms with Crippen molar-refractivity contribution in [3.63, 3.8) is 0 Å². The van der Waals surface area contributed by atoms with Gasteiger partial charge in [-0.05, 0) is 50.1 Å². The number of nitrogens with one attached hydrogen (secondary N) is 2. The van der Waals surface area contributed by atoms with E-state index in [1.165, 1.54) is 21.0 Å². The Morgan fingerprint density at radius 2 is 1.69 bits per heavy atom. The van der Waals surface area contributed by atoms with E-state index in [4.69, 9.17) is 9.47 Å². The van der Waals surface area contributed by atoms with Gasteiger partial charge in [0, 0.05) is 6.54 Å². The number of esters is 1. The fourth-order valence-electron chi connectivity index (χ4n) is 2.63. The fourth-order valence-corrected chi connectivity index (χ4v) is 2.63. The van der Waals surface area contributed by atoms with Gasteiger partial charge in [-0.1, -0.05) is 24.3 Å². The molecule has 0 aliphatic carbocycles. The molecule has 7 heteroatoms. The molecule has 0 aromatic heterocycles. The first-order valence-corrected chi connectivity index (χ1v) is 9.19. The molecule has 29 heavy (non-hydrogen) atoms. The zero-order chi connectivity index (χ0) is 21.4. The van der Waals surface area contributed by atoms with Crippen molar-refractivity contribution in [1.29, 1.82) is 0 Å². The second-order valence-electron chi connectivity index (χ2n) is 6.97. The smallest absolute Gasteiger partial charge is 0.339 e. The van der Waals surface area contributed by atoms with Gasteiger partial charge in [0.25, 0.3) is 0 Å². The Kier molecular flexibility index (Phi) is 7.36. The Bertz CT molecular complexity index is 892. The lowest BCUT2D eigenvalue weighted by atomic mass is 9.90. The van der Waals surface area contributed by atoms with Crippen LogP contribution in [0.1, 0.15) is 29.8 Å². The van der Waals surface area contributed by atoms with Crippen molar-refractivity contribution >= 4 is 23.5 Å². The summed E-state index contributed by atoms with van der Waals surface area (Å²) in [6.45, 7) is 3.44. The van der Waals surface area contributed by atoms with E-state index >= 15 is 0 Å². The van der Waals surface area contributed by atoms with Crippen molar-refractivity contribution < 1.29 is 23.9 Å². The van der Waals surface area contributed by atoms with E-state index in [0.717, 1.165) is 11.3 Å². The minimum absolute atomic E-state index is 0.220. The number of anilines is 1. The van der Waals surface area contributed by atoms with Gasteiger partial charge >= 0.3 is 5.97 Å². The van der Waals surface area contributed by atoms with Gasteiger partial charge in [-0.25, -0.2) is 4.79 Å². The maximum atomic E-state index is 12.7. The van der Waals surface area contributed by atoms with Crippen LogP contribution in [0.15, 0.2) is 48.5 Å². The van der Waals surface area contributed by atoms with Crippen LogP contribution in [0.3, 0.4) is 0 Å². The lowest BCUT2D eigenvalue weighted by Crippen LogP contribution is -2.45. The molecule has 2 rings (SSSR count). The highest BCUT2D eigenvalue weighted by atomic mass is 16.5. The van der Waals surface area contributed by atoms with Crippen LogP contribution in [0.25, 0.3) is 0 Å². The number of carbonyl (C=O) groups excluding carboxylic acids is 3. The molecular formula is C22H26N2O5. The van der Waals surface area contributed by atoms with E-state index in [-0.39, 0.29) is 5.56 Å². The van der Waals surface area contributed by atoms with Crippen LogP contribution >= 0.6 is 0 Å². The standard InChI is InChI=1S/C22H26N2O5/c1-22(2,20(26)23-13-12-15-8-7-9-16(14-15)28-3)21(27)24-18-11-6-5-10-17(18)19(25)29-4/h5-11,14H,12-13H2,1-4H3,(H,23,26)(H,24,27). The van der Waals surface area contributed by atoms with Crippen molar-refractivity contribution in [2.75, 3.05) is 26.1 Å². The predicted molar refractivity (Wildman–Crippen MR) is 110 cm³/mol. The molecule has 2 aromatic carbocycles. The Labute approximate surface area is 170 Å². The first-order valence-electron chi connectivity index (χ1n) is 9.19. The third-order valence-corrected chi connectivity index (χ3v) is 4.55. The molecule has 0 aliphatic heterocycles. The third-order valence-electron chi connectivity index (χ3n) is 4.55. The summed E-state index contributed by atoms with van der Waals surface area (Å²) in [6, 6.07) is 14.0. The molecule has 0 saturated carbocycles. The monoisotopic (exact) mass is 398 g/mol. The number of rotatable bonds is 8. The molecule has 0 unspecified atom stereocenters. The molecule has 7 nitrogen and oxygen atoms in total. The molecule has 2 aromatic rings. The van der Waals surface area contributed by atoms with Gasteiger partial charge in [0.05, 0.1) is 25.5 Å². The molecule has 0 saturated heterocycles. The van der Waals surface area contributed by atoms with Crippen LogP contribution in [0, 0.1) is 5.41 Å². The molecule has 0 fully saturated rings. The Morgan fingerprint density at radius 1 is 0.966 bits per heavy atom. The van der Waals surface area contributed by atoms with E-state index in [1.54, 1.807) is 31.4 Å². The second-order valence-corrected chi connectivity index (χ2v) is 6.97. The number of carbonyl (C=O) groups is 3. The van der Waals surface area contributed by atoms with Crippen molar-refractivity contribution in [2.45, 2.75) is 20.3 Å². The summed E-state index contributed by atoms with van der Waals surface area (Å²) < 4.78 is 9.91. The van der Waals surface area contributed by atoms with Crippen LogP contribution in [-0.2, 0) is 20.7 Å². The van der Waals surface area contributed by atoms with Gasteiger partial charge in [0.2, 0.25) is 11.8 Å². The van der Waals surface area contributed by atoms with Crippen LogP contribution in [-0.4, -0.2) is 38.5 Å². The molecule has 2 N–H and O–H groups in total. The second kappa shape index (κ2) is 9.73. The van der Waals surface area contributed by atoms with Crippen molar-refractivity contribution in [2.24, 2.45) is 5.41 Å². The first-order chi connectivity index (χ1) is 13.8. The molecule has 0 bridgehead atoms. The normalized spacial score (nSPS) is 10.8. The lowest BCUT2D eigenvalue weighted by Gasteiger charge is -2.23. The van der Waals surface area contributed by atoms with Crippen LogP contribution in [0.5, 0.6) is 5.75 Å². The number of amides is 2. The predicted octanol–water partition coefficient (Wildman–Crippen LogP) is 2.81.